The van der Waals surface area contributed by atoms with E-state index in [0.717, 1.165) is 6.42 Å². The van der Waals surface area contributed by atoms with Crippen LogP contribution in [-0.2, 0) is 18.9 Å². The molecule has 1 rings (SSSR count). The first kappa shape index (κ1) is 11.9. The maximum Gasteiger partial charge on any atom is 0.107 e. The molecule has 1 saturated heterocycles. The molecule has 1 heterocycles. The van der Waals surface area contributed by atoms with E-state index in [0.29, 0.717) is 19.8 Å². The first-order valence-electron chi connectivity index (χ1n) is 5.06. The van der Waals surface area contributed by atoms with Crippen molar-refractivity contribution in [3.05, 3.63) is 0 Å². The van der Waals surface area contributed by atoms with Crippen LogP contribution in [-0.4, -0.2) is 52.4 Å². The zero-order chi connectivity index (χ0) is 10.4. The third kappa shape index (κ3) is 3.20. The number of ether oxygens (including phenoxy) is 4. The van der Waals surface area contributed by atoms with Gasteiger partial charge in [-0.1, -0.05) is 0 Å². The maximum atomic E-state index is 5.59. The fraction of sp³-hybridized carbons (Fsp3) is 1.00. The molecule has 3 unspecified atom stereocenters. The molecule has 0 aromatic rings. The normalized spacial score (nSPS) is 33.2. The van der Waals surface area contributed by atoms with Crippen molar-refractivity contribution >= 4 is 0 Å². The Balaban J connectivity index is 2.37. The third-order valence-electron chi connectivity index (χ3n) is 2.44. The Bertz CT molecular complexity index is 151. The average Bonchev–Trinajstić information content (AvgIpc) is 2.21. The van der Waals surface area contributed by atoms with Crippen molar-refractivity contribution in [2.24, 2.45) is 0 Å². The van der Waals surface area contributed by atoms with Crippen LogP contribution in [0.5, 0.6) is 0 Å². The lowest BCUT2D eigenvalue weighted by molar-refractivity contribution is -0.162. The van der Waals surface area contributed by atoms with Gasteiger partial charge in [0.2, 0.25) is 0 Å². The lowest BCUT2D eigenvalue weighted by atomic mass is 10.0. The fourth-order valence-corrected chi connectivity index (χ4v) is 1.74. The standard InChI is InChI=1S/C10H20O4/c1-4-13-10-7-14-8(6-11-2)5-9(10)12-3/h8-10H,4-7H2,1-3H3. The van der Waals surface area contributed by atoms with Gasteiger partial charge in [0.1, 0.15) is 6.10 Å². The second-order valence-corrected chi connectivity index (χ2v) is 3.41. The van der Waals surface area contributed by atoms with E-state index < -0.39 is 0 Å². The minimum absolute atomic E-state index is 0.0677. The van der Waals surface area contributed by atoms with E-state index in [1.165, 1.54) is 0 Å². The van der Waals surface area contributed by atoms with Crippen molar-refractivity contribution in [1.29, 1.82) is 0 Å². The predicted octanol–water partition coefficient (Wildman–Crippen LogP) is 0.842. The lowest BCUT2D eigenvalue weighted by Crippen LogP contribution is -2.45. The highest BCUT2D eigenvalue weighted by Gasteiger charge is 2.31. The molecule has 0 N–H and O–H groups in total. The predicted molar refractivity (Wildman–Crippen MR) is 52.4 cm³/mol. The highest BCUT2D eigenvalue weighted by atomic mass is 16.6. The molecule has 0 radical (unpaired) electrons. The largest absolute Gasteiger partial charge is 0.382 e. The van der Waals surface area contributed by atoms with E-state index in [9.17, 15) is 0 Å². The minimum atomic E-state index is 0.0677. The van der Waals surface area contributed by atoms with Gasteiger partial charge in [-0.2, -0.15) is 0 Å². The van der Waals surface area contributed by atoms with Crippen LogP contribution in [0, 0.1) is 0 Å². The topological polar surface area (TPSA) is 36.9 Å². The molecular formula is C10H20O4. The Morgan fingerprint density at radius 1 is 1.29 bits per heavy atom. The summed E-state index contributed by atoms with van der Waals surface area (Å²) in [6, 6.07) is 0. The van der Waals surface area contributed by atoms with Gasteiger partial charge in [0, 0.05) is 27.2 Å². The van der Waals surface area contributed by atoms with Crippen LogP contribution in [0.4, 0.5) is 0 Å². The molecule has 0 spiro atoms. The summed E-state index contributed by atoms with van der Waals surface area (Å²) in [7, 11) is 3.39. The second kappa shape index (κ2) is 6.35. The van der Waals surface area contributed by atoms with E-state index in [1.807, 2.05) is 6.92 Å². The van der Waals surface area contributed by atoms with Gasteiger partial charge in [0.05, 0.1) is 25.4 Å². The Labute approximate surface area is 85.5 Å². The van der Waals surface area contributed by atoms with Gasteiger partial charge < -0.3 is 18.9 Å². The molecule has 0 aliphatic carbocycles. The van der Waals surface area contributed by atoms with Gasteiger partial charge in [-0.05, 0) is 6.92 Å². The van der Waals surface area contributed by atoms with Gasteiger partial charge in [-0.15, -0.1) is 0 Å². The molecular weight excluding hydrogens is 184 g/mol. The number of methoxy groups -OCH3 is 2. The van der Waals surface area contributed by atoms with Gasteiger partial charge in [0.15, 0.2) is 0 Å². The summed E-state index contributed by atoms with van der Waals surface area (Å²) in [6.45, 7) is 3.90. The lowest BCUT2D eigenvalue weighted by Gasteiger charge is -2.34. The highest BCUT2D eigenvalue weighted by molar-refractivity contribution is 4.80. The molecule has 14 heavy (non-hydrogen) atoms. The molecule has 0 amide bonds. The Morgan fingerprint density at radius 2 is 2.07 bits per heavy atom. The monoisotopic (exact) mass is 204 g/mol. The zero-order valence-corrected chi connectivity index (χ0v) is 9.19. The summed E-state index contributed by atoms with van der Waals surface area (Å²) >= 11 is 0. The van der Waals surface area contributed by atoms with E-state index in [1.54, 1.807) is 14.2 Å². The minimum Gasteiger partial charge on any atom is -0.382 e. The molecule has 1 aliphatic heterocycles. The third-order valence-corrected chi connectivity index (χ3v) is 2.44. The first-order valence-corrected chi connectivity index (χ1v) is 5.06. The van der Waals surface area contributed by atoms with Gasteiger partial charge in [0.25, 0.3) is 0 Å². The summed E-state index contributed by atoms with van der Waals surface area (Å²) in [5.41, 5.74) is 0. The smallest absolute Gasteiger partial charge is 0.107 e. The molecule has 3 atom stereocenters. The van der Waals surface area contributed by atoms with Gasteiger partial charge >= 0.3 is 0 Å². The highest BCUT2D eigenvalue weighted by Crippen LogP contribution is 2.19. The maximum absolute atomic E-state index is 5.59. The fourth-order valence-electron chi connectivity index (χ4n) is 1.74. The number of hydrogen-bond acceptors (Lipinski definition) is 4. The molecule has 0 aromatic heterocycles. The first-order chi connectivity index (χ1) is 6.81. The van der Waals surface area contributed by atoms with Crippen molar-refractivity contribution in [1.82, 2.24) is 0 Å². The van der Waals surface area contributed by atoms with E-state index in [4.69, 9.17) is 18.9 Å². The Morgan fingerprint density at radius 3 is 2.64 bits per heavy atom. The van der Waals surface area contributed by atoms with E-state index in [-0.39, 0.29) is 18.3 Å². The average molecular weight is 204 g/mol. The second-order valence-electron chi connectivity index (χ2n) is 3.41. The van der Waals surface area contributed by atoms with Crippen molar-refractivity contribution < 1.29 is 18.9 Å². The van der Waals surface area contributed by atoms with Crippen LogP contribution in [0.1, 0.15) is 13.3 Å². The summed E-state index contributed by atoms with van der Waals surface area (Å²) in [5, 5.41) is 0. The van der Waals surface area contributed by atoms with Crippen LogP contribution in [0.2, 0.25) is 0 Å². The van der Waals surface area contributed by atoms with Crippen molar-refractivity contribution in [2.75, 3.05) is 34.0 Å². The summed E-state index contributed by atoms with van der Waals surface area (Å²) in [6.07, 6.45) is 1.18. The van der Waals surface area contributed by atoms with Crippen LogP contribution >= 0.6 is 0 Å². The number of hydrogen-bond donors (Lipinski definition) is 0. The van der Waals surface area contributed by atoms with Crippen LogP contribution < -0.4 is 0 Å². The van der Waals surface area contributed by atoms with E-state index in [2.05, 4.69) is 0 Å². The molecule has 4 nitrogen and oxygen atoms in total. The van der Waals surface area contributed by atoms with Gasteiger partial charge in [-0.25, -0.2) is 0 Å². The van der Waals surface area contributed by atoms with E-state index >= 15 is 0 Å². The van der Waals surface area contributed by atoms with Gasteiger partial charge in [-0.3, -0.25) is 0 Å². The molecule has 1 aliphatic rings. The Kier molecular flexibility index (Phi) is 5.40. The van der Waals surface area contributed by atoms with Crippen molar-refractivity contribution in [3.63, 3.8) is 0 Å². The van der Waals surface area contributed by atoms with Crippen LogP contribution in [0.25, 0.3) is 0 Å². The molecule has 84 valence electrons. The van der Waals surface area contributed by atoms with Crippen LogP contribution in [0.15, 0.2) is 0 Å². The Hall–Kier alpha value is -0.160. The molecule has 0 saturated carbocycles. The SMILES string of the molecule is CCOC1COC(COC)CC1OC. The number of rotatable bonds is 5. The molecule has 1 fully saturated rings. The van der Waals surface area contributed by atoms with Crippen molar-refractivity contribution in [3.8, 4) is 0 Å². The quantitative estimate of drug-likeness (QED) is 0.665. The molecule has 0 bridgehead atoms. The molecule has 0 aromatic carbocycles. The molecule has 4 heteroatoms. The summed E-state index contributed by atoms with van der Waals surface area (Å²) in [5.74, 6) is 0. The van der Waals surface area contributed by atoms with Crippen LogP contribution in [0.3, 0.4) is 0 Å². The van der Waals surface area contributed by atoms with Crippen molar-refractivity contribution in [2.45, 2.75) is 31.7 Å². The summed E-state index contributed by atoms with van der Waals surface area (Å²) < 4.78 is 21.5. The summed E-state index contributed by atoms with van der Waals surface area (Å²) in [4.78, 5) is 0. The zero-order valence-electron chi connectivity index (χ0n) is 9.19.